The second-order valence-electron chi connectivity index (χ2n) is 4.63. The van der Waals surface area contributed by atoms with Crippen molar-refractivity contribution in [3.05, 3.63) is 25.0 Å². The van der Waals surface area contributed by atoms with Crippen LogP contribution in [0.4, 0.5) is 0 Å². The van der Waals surface area contributed by atoms with Crippen LogP contribution in [-0.4, -0.2) is 36.2 Å². The molecule has 1 fully saturated rings. The maximum atomic E-state index is 10.1. The number of benzene rings is 1. The van der Waals surface area contributed by atoms with Gasteiger partial charge in [0.25, 0.3) is 0 Å². The van der Waals surface area contributed by atoms with Crippen LogP contribution in [0.2, 0.25) is 0 Å². The molecule has 3 nitrogen and oxygen atoms in total. The predicted molar refractivity (Wildman–Crippen MR) is 88.7 cm³/mol. The second-order valence-corrected chi connectivity index (χ2v) is 7.13. The van der Waals surface area contributed by atoms with E-state index in [4.69, 9.17) is 0 Å². The van der Waals surface area contributed by atoms with Crippen LogP contribution < -0.4 is 5.32 Å². The Labute approximate surface area is 139 Å². The molecule has 0 unspecified atom stereocenters. The molecule has 2 N–H and O–H groups in total. The van der Waals surface area contributed by atoms with Crippen molar-refractivity contribution >= 4 is 47.8 Å². The highest BCUT2D eigenvalue weighted by atomic mass is 79.9. The van der Waals surface area contributed by atoms with Gasteiger partial charge in [-0.05, 0) is 44.3 Å². The molecule has 6 heteroatoms. The molecular weight excluding hydrogens is 440 g/mol. The van der Waals surface area contributed by atoms with Crippen LogP contribution >= 0.6 is 47.8 Å². The monoisotopic (exact) mass is 454 g/mol. The van der Waals surface area contributed by atoms with E-state index >= 15 is 0 Å². The van der Waals surface area contributed by atoms with E-state index in [0.29, 0.717) is 10.5 Å². The lowest BCUT2D eigenvalue weighted by Crippen LogP contribution is -2.45. The van der Waals surface area contributed by atoms with Crippen molar-refractivity contribution in [3.63, 3.8) is 0 Å². The van der Waals surface area contributed by atoms with E-state index < -0.39 is 0 Å². The third kappa shape index (κ3) is 3.35. The van der Waals surface area contributed by atoms with Crippen LogP contribution in [0.5, 0.6) is 5.75 Å². The SMILES string of the molecule is CC[C@@H](c1c(Br)cc(Br)c(O)c1Br)N1CCNCC1. The molecule has 0 amide bonds. The molecule has 0 saturated carbocycles. The molecule has 0 bridgehead atoms. The summed E-state index contributed by atoms with van der Waals surface area (Å²) in [5, 5.41) is 13.5. The van der Waals surface area contributed by atoms with Gasteiger partial charge in [-0.2, -0.15) is 0 Å². The Balaban J connectivity index is 2.40. The minimum absolute atomic E-state index is 0.270. The Kier molecular flexibility index (Phi) is 5.72. The van der Waals surface area contributed by atoms with Crippen molar-refractivity contribution in [3.8, 4) is 5.75 Å². The number of phenolic OH excluding ortho intramolecular Hbond substituents is 1. The molecule has 0 spiro atoms. The fraction of sp³-hybridized carbons (Fsp3) is 0.538. The zero-order chi connectivity index (χ0) is 14.0. The summed E-state index contributed by atoms with van der Waals surface area (Å²) in [6.07, 6.45) is 1.01. The summed E-state index contributed by atoms with van der Waals surface area (Å²) in [7, 11) is 0. The largest absolute Gasteiger partial charge is 0.506 e. The molecule has 1 saturated heterocycles. The number of rotatable bonds is 3. The molecule has 1 aromatic rings. The van der Waals surface area contributed by atoms with Crippen molar-refractivity contribution in [1.82, 2.24) is 10.2 Å². The number of nitrogens with one attached hydrogen (secondary N) is 1. The maximum absolute atomic E-state index is 10.1. The van der Waals surface area contributed by atoms with Gasteiger partial charge in [-0.25, -0.2) is 0 Å². The fourth-order valence-electron chi connectivity index (χ4n) is 2.54. The average Bonchev–Trinajstić information content (AvgIpc) is 2.42. The lowest BCUT2D eigenvalue weighted by Gasteiger charge is -2.35. The van der Waals surface area contributed by atoms with E-state index in [-0.39, 0.29) is 5.75 Å². The maximum Gasteiger partial charge on any atom is 0.144 e. The number of phenols is 1. The van der Waals surface area contributed by atoms with Crippen LogP contribution in [-0.2, 0) is 0 Å². The first-order valence-corrected chi connectivity index (χ1v) is 8.75. The minimum Gasteiger partial charge on any atom is -0.506 e. The van der Waals surface area contributed by atoms with E-state index in [9.17, 15) is 5.11 Å². The Morgan fingerprint density at radius 2 is 1.89 bits per heavy atom. The number of halogens is 3. The lowest BCUT2D eigenvalue weighted by molar-refractivity contribution is 0.168. The molecule has 0 radical (unpaired) electrons. The van der Waals surface area contributed by atoms with Gasteiger partial charge in [-0.3, -0.25) is 4.90 Å². The van der Waals surface area contributed by atoms with Gasteiger partial charge in [0.1, 0.15) is 5.75 Å². The first-order chi connectivity index (χ1) is 9.06. The second kappa shape index (κ2) is 6.89. The number of nitrogens with zero attached hydrogens (tertiary/aromatic N) is 1. The summed E-state index contributed by atoms with van der Waals surface area (Å²) in [4.78, 5) is 2.47. The van der Waals surface area contributed by atoms with Gasteiger partial charge in [0, 0.05) is 42.3 Å². The molecule has 1 atom stereocenters. The van der Waals surface area contributed by atoms with Crippen LogP contribution in [0.25, 0.3) is 0 Å². The molecule has 2 rings (SSSR count). The Morgan fingerprint density at radius 3 is 2.47 bits per heavy atom. The predicted octanol–water partition coefficient (Wildman–Crippen LogP) is 4.04. The minimum atomic E-state index is 0.270. The number of hydrogen-bond donors (Lipinski definition) is 2. The normalized spacial score (nSPS) is 18.5. The van der Waals surface area contributed by atoms with Gasteiger partial charge in [-0.1, -0.05) is 22.9 Å². The number of piperazine rings is 1. The van der Waals surface area contributed by atoms with Crippen LogP contribution in [0.1, 0.15) is 24.9 Å². The van der Waals surface area contributed by atoms with E-state index in [1.54, 1.807) is 0 Å². The number of aromatic hydroxyl groups is 1. The van der Waals surface area contributed by atoms with E-state index in [2.05, 4.69) is 64.9 Å². The van der Waals surface area contributed by atoms with Crippen molar-refractivity contribution < 1.29 is 5.11 Å². The van der Waals surface area contributed by atoms with Gasteiger partial charge in [-0.15, -0.1) is 0 Å². The highest BCUT2D eigenvalue weighted by molar-refractivity contribution is 9.11. The standard InChI is InChI=1S/C13H17Br3N2O/c1-2-10(18-5-3-17-4-6-18)11-8(14)7-9(15)13(19)12(11)16/h7,10,17,19H,2-6H2,1H3/t10-/m0/s1. The molecule has 1 aromatic carbocycles. The average molecular weight is 457 g/mol. The van der Waals surface area contributed by atoms with Gasteiger partial charge < -0.3 is 10.4 Å². The first-order valence-electron chi connectivity index (χ1n) is 6.37. The molecule has 1 aliphatic rings. The van der Waals surface area contributed by atoms with Crippen LogP contribution in [0.3, 0.4) is 0 Å². The third-order valence-electron chi connectivity index (χ3n) is 3.49. The van der Waals surface area contributed by atoms with Crippen molar-refractivity contribution in [1.29, 1.82) is 0 Å². The molecule has 19 heavy (non-hydrogen) atoms. The molecule has 106 valence electrons. The van der Waals surface area contributed by atoms with Crippen molar-refractivity contribution in [2.45, 2.75) is 19.4 Å². The highest BCUT2D eigenvalue weighted by Gasteiger charge is 2.26. The number of hydrogen-bond acceptors (Lipinski definition) is 3. The van der Waals surface area contributed by atoms with Crippen molar-refractivity contribution in [2.75, 3.05) is 26.2 Å². The molecular formula is C13H17Br3N2O. The quantitative estimate of drug-likeness (QED) is 0.720. The smallest absolute Gasteiger partial charge is 0.144 e. The molecule has 1 aliphatic heterocycles. The van der Waals surface area contributed by atoms with Crippen LogP contribution in [0, 0.1) is 0 Å². The Hall–Kier alpha value is 0.380. The Morgan fingerprint density at radius 1 is 1.26 bits per heavy atom. The first kappa shape index (κ1) is 15.8. The van der Waals surface area contributed by atoms with E-state index in [0.717, 1.165) is 47.1 Å². The molecule has 1 heterocycles. The lowest BCUT2D eigenvalue weighted by atomic mass is 10.0. The zero-order valence-corrected chi connectivity index (χ0v) is 15.5. The van der Waals surface area contributed by atoms with Gasteiger partial charge >= 0.3 is 0 Å². The topological polar surface area (TPSA) is 35.5 Å². The summed E-state index contributed by atoms with van der Waals surface area (Å²) in [6.45, 7) is 6.30. The molecule has 0 aromatic heterocycles. The summed E-state index contributed by atoms with van der Waals surface area (Å²) in [5.41, 5.74) is 1.13. The third-order valence-corrected chi connectivity index (χ3v) is 5.56. The Bertz CT molecular complexity index is 462. The van der Waals surface area contributed by atoms with Gasteiger partial charge in [0.2, 0.25) is 0 Å². The summed E-state index contributed by atoms with van der Waals surface area (Å²) in [5.74, 6) is 0.270. The fourth-order valence-corrected chi connectivity index (χ4v) is 5.19. The van der Waals surface area contributed by atoms with E-state index in [1.807, 2.05) is 6.07 Å². The summed E-state index contributed by atoms with van der Waals surface area (Å²) in [6, 6.07) is 2.23. The van der Waals surface area contributed by atoms with Crippen molar-refractivity contribution in [2.24, 2.45) is 0 Å². The zero-order valence-electron chi connectivity index (χ0n) is 10.7. The molecule has 0 aliphatic carbocycles. The summed E-state index contributed by atoms with van der Waals surface area (Å²) >= 11 is 10.5. The van der Waals surface area contributed by atoms with Crippen LogP contribution in [0.15, 0.2) is 19.5 Å². The van der Waals surface area contributed by atoms with Gasteiger partial charge in [0.05, 0.1) is 8.95 Å². The highest BCUT2D eigenvalue weighted by Crippen LogP contribution is 2.44. The van der Waals surface area contributed by atoms with Gasteiger partial charge in [0.15, 0.2) is 0 Å². The van der Waals surface area contributed by atoms with E-state index in [1.165, 1.54) is 0 Å². The summed E-state index contributed by atoms with van der Waals surface area (Å²) < 4.78 is 2.50.